The molecule has 0 aromatic heterocycles. The molecule has 0 fully saturated rings. The summed E-state index contributed by atoms with van der Waals surface area (Å²) in [5.74, 6) is 0. The van der Waals surface area contributed by atoms with Gasteiger partial charge in [-0.2, -0.15) is 0 Å². The van der Waals surface area contributed by atoms with Gasteiger partial charge >= 0.3 is 0 Å². The molecule has 0 aliphatic rings. The first-order valence-electron chi connectivity index (χ1n) is 5.80. The van der Waals surface area contributed by atoms with E-state index in [-0.39, 0.29) is 11.5 Å². The first-order chi connectivity index (χ1) is 6.39. The van der Waals surface area contributed by atoms with Crippen molar-refractivity contribution in [3.8, 4) is 0 Å². The lowest BCUT2D eigenvalue weighted by atomic mass is 9.89. The molecule has 0 aromatic carbocycles. The second-order valence-corrected chi connectivity index (χ2v) is 5.34. The van der Waals surface area contributed by atoms with Crippen LogP contribution in [-0.4, -0.2) is 23.8 Å². The van der Waals surface area contributed by atoms with Gasteiger partial charge in [-0.25, -0.2) is 0 Å². The van der Waals surface area contributed by atoms with Gasteiger partial charge in [0.15, 0.2) is 0 Å². The number of hydrogen-bond acceptors (Lipinski definition) is 2. The lowest BCUT2D eigenvalue weighted by molar-refractivity contribution is 0.116. The molecule has 0 aliphatic carbocycles. The highest BCUT2D eigenvalue weighted by molar-refractivity contribution is 4.72. The molecule has 2 N–H and O–H groups in total. The van der Waals surface area contributed by atoms with Gasteiger partial charge in [-0.05, 0) is 24.7 Å². The molecule has 0 amide bonds. The van der Waals surface area contributed by atoms with Crippen molar-refractivity contribution in [2.75, 3.05) is 6.54 Å². The van der Waals surface area contributed by atoms with E-state index in [4.69, 9.17) is 0 Å². The predicted molar refractivity (Wildman–Crippen MR) is 62.5 cm³/mol. The minimum atomic E-state index is -0.212. The Morgan fingerprint density at radius 1 is 1.14 bits per heavy atom. The summed E-state index contributed by atoms with van der Waals surface area (Å²) < 4.78 is 0. The van der Waals surface area contributed by atoms with Crippen molar-refractivity contribution in [3.63, 3.8) is 0 Å². The molecule has 1 unspecified atom stereocenters. The third kappa shape index (κ3) is 7.34. The largest absolute Gasteiger partial charge is 0.392 e. The van der Waals surface area contributed by atoms with Gasteiger partial charge in [0.2, 0.25) is 0 Å². The van der Waals surface area contributed by atoms with Crippen molar-refractivity contribution >= 4 is 0 Å². The molecule has 2 heteroatoms. The summed E-state index contributed by atoms with van der Waals surface area (Å²) in [5, 5.41) is 13.2. The van der Waals surface area contributed by atoms with Crippen LogP contribution in [0.15, 0.2) is 0 Å². The maximum absolute atomic E-state index is 9.76. The fourth-order valence-corrected chi connectivity index (χ4v) is 1.66. The van der Waals surface area contributed by atoms with Crippen LogP contribution in [0.3, 0.4) is 0 Å². The Labute approximate surface area is 89.1 Å². The quantitative estimate of drug-likeness (QED) is 0.692. The Kier molecular flexibility index (Phi) is 6.38. The van der Waals surface area contributed by atoms with Gasteiger partial charge in [0.25, 0.3) is 0 Å². The first-order valence-corrected chi connectivity index (χ1v) is 5.80. The minimum absolute atomic E-state index is 0.212. The van der Waals surface area contributed by atoms with Crippen LogP contribution in [0, 0.1) is 5.41 Å². The summed E-state index contributed by atoms with van der Waals surface area (Å²) in [4.78, 5) is 0. The van der Waals surface area contributed by atoms with E-state index in [1.54, 1.807) is 0 Å². The maximum Gasteiger partial charge on any atom is 0.0669 e. The highest BCUT2D eigenvalue weighted by Crippen LogP contribution is 2.20. The number of rotatable bonds is 6. The topological polar surface area (TPSA) is 32.3 Å². The van der Waals surface area contributed by atoms with E-state index >= 15 is 0 Å². The van der Waals surface area contributed by atoms with Crippen LogP contribution in [0.4, 0.5) is 0 Å². The molecule has 1 atom stereocenters. The second-order valence-electron chi connectivity index (χ2n) is 5.34. The molecule has 0 heterocycles. The maximum atomic E-state index is 9.76. The van der Waals surface area contributed by atoms with E-state index < -0.39 is 0 Å². The molecule has 0 saturated carbocycles. The normalized spacial score (nSPS) is 14.8. The predicted octanol–water partition coefficient (Wildman–Crippen LogP) is 2.56. The van der Waals surface area contributed by atoms with Crippen molar-refractivity contribution in [2.24, 2.45) is 5.41 Å². The molecule has 0 bridgehead atoms. The second kappa shape index (κ2) is 6.41. The SMILES string of the molecule is CCC(CC)NCC(O)CC(C)(C)C. The average Bonchev–Trinajstić information content (AvgIpc) is 2.03. The van der Waals surface area contributed by atoms with Crippen molar-refractivity contribution in [1.29, 1.82) is 0 Å². The zero-order valence-corrected chi connectivity index (χ0v) is 10.4. The molecule has 0 saturated heterocycles. The summed E-state index contributed by atoms with van der Waals surface area (Å²) in [6.07, 6.45) is 2.92. The first kappa shape index (κ1) is 13.9. The number of hydrogen-bond donors (Lipinski definition) is 2. The van der Waals surface area contributed by atoms with Gasteiger partial charge in [0, 0.05) is 12.6 Å². The molecule has 0 aromatic rings. The Morgan fingerprint density at radius 3 is 2.00 bits per heavy atom. The fourth-order valence-electron chi connectivity index (χ4n) is 1.66. The highest BCUT2D eigenvalue weighted by Gasteiger charge is 2.16. The van der Waals surface area contributed by atoms with Crippen molar-refractivity contribution < 1.29 is 5.11 Å². The van der Waals surface area contributed by atoms with Gasteiger partial charge in [-0.3, -0.25) is 0 Å². The third-order valence-electron chi connectivity index (χ3n) is 2.48. The summed E-state index contributed by atoms with van der Waals surface area (Å²) in [7, 11) is 0. The lowest BCUT2D eigenvalue weighted by Crippen LogP contribution is -2.36. The summed E-state index contributed by atoms with van der Waals surface area (Å²) in [6, 6.07) is 0.560. The molecule has 2 nitrogen and oxygen atoms in total. The van der Waals surface area contributed by atoms with Gasteiger partial charge in [0.1, 0.15) is 0 Å². The van der Waals surface area contributed by atoms with Gasteiger partial charge in [-0.15, -0.1) is 0 Å². The van der Waals surface area contributed by atoms with E-state index in [2.05, 4.69) is 39.9 Å². The lowest BCUT2D eigenvalue weighted by Gasteiger charge is -2.24. The van der Waals surface area contributed by atoms with Crippen LogP contribution in [0.1, 0.15) is 53.9 Å². The Hall–Kier alpha value is -0.0800. The molecular formula is C12H27NO. The number of nitrogens with one attached hydrogen (secondary N) is 1. The van der Waals surface area contributed by atoms with E-state index in [0.717, 1.165) is 25.8 Å². The smallest absolute Gasteiger partial charge is 0.0669 e. The molecular weight excluding hydrogens is 174 g/mol. The average molecular weight is 201 g/mol. The molecule has 0 radical (unpaired) electrons. The van der Waals surface area contributed by atoms with E-state index in [0.29, 0.717) is 6.04 Å². The highest BCUT2D eigenvalue weighted by atomic mass is 16.3. The van der Waals surface area contributed by atoms with Crippen LogP contribution in [-0.2, 0) is 0 Å². The summed E-state index contributed by atoms with van der Waals surface area (Å²) in [6.45, 7) is 11.6. The Morgan fingerprint density at radius 2 is 1.64 bits per heavy atom. The van der Waals surface area contributed by atoms with Crippen LogP contribution < -0.4 is 5.32 Å². The van der Waals surface area contributed by atoms with Crippen LogP contribution in [0.5, 0.6) is 0 Å². The van der Waals surface area contributed by atoms with Crippen LogP contribution in [0.25, 0.3) is 0 Å². The molecule has 14 heavy (non-hydrogen) atoms. The third-order valence-corrected chi connectivity index (χ3v) is 2.48. The Bertz CT molecular complexity index is 136. The molecule has 0 spiro atoms. The van der Waals surface area contributed by atoms with Gasteiger partial charge in [0.05, 0.1) is 6.10 Å². The van der Waals surface area contributed by atoms with Crippen molar-refractivity contribution in [3.05, 3.63) is 0 Å². The number of aliphatic hydroxyl groups excluding tert-OH is 1. The fraction of sp³-hybridized carbons (Fsp3) is 1.00. The molecule has 0 rings (SSSR count). The zero-order valence-electron chi connectivity index (χ0n) is 10.4. The Balaban J connectivity index is 3.67. The minimum Gasteiger partial charge on any atom is -0.392 e. The van der Waals surface area contributed by atoms with E-state index in [9.17, 15) is 5.11 Å². The number of aliphatic hydroxyl groups is 1. The van der Waals surface area contributed by atoms with Crippen LogP contribution >= 0.6 is 0 Å². The van der Waals surface area contributed by atoms with E-state index in [1.165, 1.54) is 0 Å². The van der Waals surface area contributed by atoms with Crippen molar-refractivity contribution in [1.82, 2.24) is 5.32 Å². The molecule has 0 aliphatic heterocycles. The monoisotopic (exact) mass is 201 g/mol. The zero-order chi connectivity index (χ0) is 11.2. The van der Waals surface area contributed by atoms with E-state index in [1.807, 2.05) is 0 Å². The van der Waals surface area contributed by atoms with Gasteiger partial charge in [-0.1, -0.05) is 34.6 Å². The standard InChI is InChI=1S/C12H27NO/c1-6-10(7-2)13-9-11(14)8-12(3,4)5/h10-11,13-14H,6-9H2,1-5H3. The molecule has 86 valence electrons. The summed E-state index contributed by atoms with van der Waals surface area (Å²) in [5.41, 5.74) is 0.217. The summed E-state index contributed by atoms with van der Waals surface area (Å²) >= 11 is 0. The van der Waals surface area contributed by atoms with Crippen LogP contribution in [0.2, 0.25) is 0 Å². The van der Waals surface area contributed by atoms with Crippen molar-refractivity contribution in [2.45, 2.75) is 66.0 Å². The van der Waals surface area contributed by atoms with Gasteiger partial charge < -0.3 is 10.4 Å².